The third-order valence-electron chi connectivity index (χ3n) is 9.07. The maximum absolute atomic E-state index is 2.48. The topological polar surface area (TPSA) is 11.6 Å². The average Bonchev–Trinajstić information content (AvgIpc) is 3.09. The molecule has 0 aliphatic heterocycles. The SMILES string of the molecule is c1ccc2c(c1)ccc[n+]2CCCc1cc(CCC[n+]2cccc3ccccc32)cc(CCC[n+]2cccc3ccccc32)c1. The summed E-state index contributed by atoms with van der Waals surface area (Å²) in [4.78, 5) is 0. The first-order valence-corrected chi connectivity index (χ1v) is 16.5. The highest BCUT2D eigenvalue weighted by Gasteiger charge is 2.12. The molecular formula is C42H42N3+3. The van der Waals surface area contributed by atoms with E-state index < -0.39 is 0 Å². The molecular weight excluding hydrogens is 546 g/mol. The normalized spacial score (nSPS) is 11.5. The van der Waals surface area contributed by atoms with E-state index in [1.165, 1.54) is 49.4 Å². The molecule has 222 valence electrons. The number of pyridine rings is 3. The zero-order valence-corrected chi connectivity index (χ0v) is 26.1. The Morgan fingerprint density at radius 1 is 0.333 bits per heavy atom. The molecule has 0 spiro atoms. The predicted molar refractivity (Wildman–Crippen MR) is 184 cm³/mol. The van der Waals surface area contributed by atoms with Crippen molar-refractivity contribution in [3.63, 3.8) is 0 Å². The highest BCUT2D eigenvalue weighted by molar-refractivity contribution is 5.76. The van der Waals surface area contributed by atoms with Crippen LogP contribution < -0.4 is 13.7 Å². The third kappa shape index (κ3) is 6.94. The summed E-state index contributed by atoms with van der Waals surface area (Å²) in [7, 11) is 0. The van der Waals surface area contributed by atoms with Crippen molar-refractivity contribution in [1.82, 2.24) is 0 Å². The van der Waals surface area contributed by atoms with Gasteiger partial charge >= 0.3 is 0 Å². The molecule has 3 heterocycles. The Kier molecular flexibility index (Phi) is 8.86. The second kappa shape index (κ2) is 13.8. The van der Waals surface area contributed by atoms with Crippen LogP contribution in [-0.4, -0.2) is 0 Å². The average molecular weight is 589 g/mol. The fraction of sp³-hybridized carbons (Fsp3) is 0.214. The predicted octanol–water partition coefficient (Wildman–Crippen LogP) is 7.91. The van der Waals surface area contributed by atoms with Crippen molar-refractivity contribution in [3.05, 3.63) is 163 Å². The summed E-state index contributed by atoms with van der Waals surface area (Å²) in [5, 5.41) is 3.91. The van der Waals surface area contributed by atoms with Crippen molar-refractivity contribution in [2.45, 2.75) is 58.2 Å². The monoisotopic (exact) mass is 588 g/mol. The Hall–Kier alpha value is -4.89. The van der Waals surface area contributed by atoms with Gasteiger partial charge in [-0.1, -0.05) is 54.6 Å². The minimum Gasteiger partial charge on any atom is -0.198 e. The van der Waals surface area contributed by atoms with Gasteiger partial charge in [-0.15, -0.1) is 0 Å². The fourth-order valence-electron chi connectivity index (χ4n) is 6.88. The Morgan fingerprint density at radius 3 is 0.956 bits per heavy atom. The number of aryl methyl sites for hydroxylation is 6. The summed E-state index contributed by atoms with van der Waals surface area (Å²) >= 11 is 0. The number of para-hydroxylation sites is 3. The molecule has 0 bridgehead atoms. The van der Waals surface area contributed by atoms with Crippen molar-refractivity contribution in [2.24, 2.45) is 0 Å². The van der Waals surface area contributed by atoms with Gasteiger partial charge in [0.1, 0.15) is 19.6 Å². The molecule has 3 heteroatoms. The van der Waals surface area contributed by atoms with E-state index in [-0.39, 0.29) is 0 Å². The molecule has 0 saturated carbocycles. The zero-order chi connectivity index (χ0) is 30.3. The molecule has 0 saturated heterocycles. The minimum atomic E-state index is 1.02. The first-order chi connectivity index (χ1) is 22.3. The van der Waals surface area contributed by atoms with E-state index in [0.717, 1.165) is 58.2 Å². The molecule has 0 atom stereocenters. The van der Waals surface area contributed by atoms with Crippen LogP contribution in [0.3, 0.4) is 0 Å². The number of rotatable bonds is 12. The van der Waals surface area contributed by atoms with Gasteiger partial charge in [-0.25, -0.2) is 0 Å². The molecule has 0 unspecified atom stereocenters. The van der Waals surface area contributed by atoms with Crippen LogP contribution in [0, 0.1) is 0 Å². The van der Waals surface area contributed by atoms with Crippen LogP contribution >= 0.6 is 0 Å². The van der Waals surface area contributed by atoms with Gasteiger partial charge in [0.2, 0.25) is 16.6 Å². The standard InChI is InChI=1S/C42H42N3/c1-4-22-40-37(16-1)19-10-28-43(40)25-7-13-34-31-35(14-8-26-44-29-11-20-38-17-2-5-23-41(38)44)33-36(32-34)15-9-27-45-30-12-21-39-18-3-6-24-42(39)45/h1-6,10-12,16-24,28-33H,7-9,13-15,25-27H2/q+3. The van der Waals surface area contributed by atoms with E-state index in [4.69, 9.17) is 0 Å². The lowest BCUT2D eigenvalue weighted by atomic mass is 9.97. The van der Waals surface area contributed by atoms with Crippen molar-refractivity contribution >= 4 is 32.7 Å². The van der Waals surface area contributed by atoms with Gasteiger partial charge in [-0.2, -0.15) is 13.7 Å². The smallest absolute Gasteiger partial charge is 0.198 e. The summed E-state index contributed by atoms with van der Waals surface area (Å²) in [6.45, 7) is 3.07. The molecule has 4 aromatic carbocycles. The molecule has 0 N–H and O–H groups in total. The summed E-state index contributed by atoms with van der Waals surface area (Å²) in [6.07, 6.45) is 13.3. The van der Waals surface area contributed by atoms with E-state index in [1.807, 2.05) is 0 Å². The lowest BCUT2D eigenvalue weighted by Crippen LogP contribution is -2.34. The summed E-state index contributed by atoms with van der Waals surface area (Å²) in [5.41, 5.74) is 8.35. The Morgan fingerprint density at radius 2 is 0.622 bits per heavy atom. The molecule has 45 heavy (non-hydrogen) atoms. The molecule has 0 amide bonds. The molecule has 7 rings (SSSR count). The number of hydrogen-bond acceptors (Lipinski definition) is 0. The van der Waals surface area contributed by atoms with Gasteiger partial charge in [-0.05, 0) is 72.4 Å². The highest BCUT2D eigenvalue weighted by atomic mass is 14.9. The van der Waals surface area contributed by atoms with E-state index in [0.29, 0.717) is 0 Å². The molecule has 3 aromatic heterocycles. The summed E-state index contributed by atoms with van der Waals surface area (Å²) in [6, 6.07) is 46.6. The fourth-order valence-corrected chi connectivity index (χ4v) is 6.88. The van der Waals surface area contributed by atoms with E-state index in [9.17, 15) is 0 Å². The van der Waals surface area contributed by atoms with Crippen molar-refractivity contribution in [2.75, 3.05) is 0 Å². The first-order valence-electron chi connectivity index (χ1n) is 16.5. The highest BCUT2D eigenvalue weighted by Crippen LogP contribution is 2.17. The van der Waals surface area contributed by atoms with E-state index >= 15 is 0 Å². The molecule has 7 aromatic rings. The third-order valence-corrected chi connectivity index (χ3v) is 9.07. The number of benzene rings is 4. The van der Waals surface area contributed by atoms with Crippen LogP contribution in [0.2, 0.25) is 0 Å². The molecule has 0 radical (unpaired) electrons. The molecule has 3 nitrogen and oxygen atoms in total. The zero-order valence-electron chi connectivity index (χ0n) is 26.1. The first kappa shape index (κ1) is 28.9. The summed E-state index contributed by atoms with van der Waals surface area (Å²) in [5.74, 6) is 0. The van der Waals surface area contributed by atoms with E-state index in [2.05, 4.69) is 160 Å². The van der Waals surface area contributed by atoms with Gasteiger partial charge in [0.25, 0.3) is 0 Å². The maximum atomic E-state index is 2.48. The molecule has 0 aliphatic rings. The molecule has 0 fully saturated rings. The number of aromatic nitrogens is 3. The van der Waals surface area contributed by atoms with Crippen LogP contribution in [0.15, 0.2) is 146 Å². The number of fused-ring (bicyclic) bond motifs is 3. The van der Waals surface area contributed by atoms with Crippen LogP contribution in [0.5, 0.6) is 0 Å². The van der Waals surface area contributed by atoms with Gasteiger partial charge < -0.3 is 0 Å². The Balaban J connectivity index is 1.06. The minimum absolute atomic E-state index is 1.02. The largest absolute Gasteiger partial charge is 0.212 e. The van der Waals surface area contributed by atoms with Crippen LogP contribution in [0.1, 0.15) is 36.0 Å². The number of nitrogens with zero attached hydrogens (tertiary/aromatic N) is 3. The van der Waals surface area contributed by atoms with Gasteiger partial charge in [0, 0.05) is 71.8 Å². The number of hydrogen-bond donors (Lipinski definition) is 0. The van der Waals surface area contributed by atoms with Gasteiger partial charge in [-0.3, -0.25) is 0 Å². The molecule has 0 aliphatic carbocycles. The van der Waals surface area contributed by atoms with Crippen LogP contribution in [0.4, 0.5) is 0 Å². The second-order valence-electron chi connectivity index (χ2n) is 12.2. The quantitative estimate of drug-likeness (QED) is 0.129. The van der Waals surface area contributed by atoms with Crippen molar-refractivity contribution in [1.29, 1.82) is 0 Å². The van der Waals surface area contributed by atoms with Gasteiger partial charge in [0.05, 0.1) is 0 Å². The second-order valence-corrected chi connectivity index (χ2v) is 12.2. The van der Waals surface area contributed by atoms with Crippen LogP contribution in [-0.2, 0) is 38.9 Å². The van der Waals surface area contributed by atoms with E-state index in [1.54, 1.807) is 0 Å². The van der Waals surface area contributed by atoms with Gasteiger partial charge in [0.15, 0.2) is 18.6 Å². The summed E-state index contributed by atoms with van der Waals surface area (Å²) < 4.78 is 7.22. The lowest BCUT2D eigenvalue weighted by molar-refractivity contribution is -0.671. The Labute approximate surface area is 266 Å². The van der Waals surface area contributed by atoms with Crippen molar-refractivity contribution < 1.29 is 13.7 Å². The van der Waals surface area contributed by atoms with Crippen molar-refractivity contribution in [3.8, 4) is 0 Å². The Bertz CT molecular complexity index is 1800. The lowest BCUT2D eigenvalue weighted by Gasteiger charge is -2.10. The maximum Gasteiger partial charge on any atom is 0.212 e. The van der Waals surface area contributed by atoms with Crippen LogP contribution in [0.25, 0.3) is 32.7 Å².